The fourth-order valence-corrected chi connectivity index (χ4v) is 3.58. The Morgan fingerprint density at radius 1 is 1.00 bits per heavy atom. The van der Waals surface area contributed by atoms with Crippen molar-refractivity contribution in [3.05, 3.63) is 53.6 Å². The molecule has 2 nitrogen and oxygen atoms in total. The van der Waals surface area contributed by atoms with E-state index in [0.717, 1.165) is 32.3 Å². The Morgan fingerprint density at radius 3 is 2.38 bits per heavy atom. The third-order valence-electron chi connectivity index (χ3n) is 5.02. The summed E-state index contributed by atoms with van der Waals surface area (Å²) in [4.78, 5) is 0. The van der Waals surface area contributed by atoms with Crippen LogP contribution in [0.1, 0.15) is 51.0 Å². The number of rotatable bonds is 6. The highest BCUT2D eigenvalue weighted by Crippen LogP contribution is 2.33. The van der Waals surface area contributed by atoms with Crippen LogP contribution in [-0.2, 0) is 4.74 Å². The summed E-state index contributed by atoms with van der Waals surface area (Å²) >= 11 is 0. The Bertz CT molecular complexity index is 720. The maximum Gasteiger partial charge on any atom is 0.201 e. The minimum Gasteiger partial charge on any atom is -0.491 e. The summed E-state index contributed by atoms with van der Waals surface area (Å²) in [6.45, 7) is 4.95. The van der Waals surface area contributed by atoms with Gasteiger partial charge in [-0.15, -0.1) is 0 Å². The van der Waals surface area contributed by atoms with Crippen molar-refractivity contribution in [3.63, 3.8) is 0 Å². The van der Waals surface area contributed by atoms with Crippen molar-refractivity contribution < 1.29 is 18.3 Å². The van der Waals surface area contributed by atoms with Crippen LogP contribution < -0.4 is 4.74 Å². The zero-order valence-electron chi connectivity index (χ0n) is 15.4. The minimum absolute atomic E-state index is 0.0497. The van der Waals surface area contributed by atoms with E-state index in [1.807, 2.05) is 24.3 Å². The molecule has 1 fully saturated rings. The summed E-state index contributed by atoms with van der Waals surface area (Å²) in [5.41, 5.74) is 2.10. The van der Waals surface area contributed by atoms with E-state index in [2.05, 4.69) is 6.92 Å². The first-order chi connectivity index (χ1) is 12.6. The predicted octanol–water partition coefficient (Wildman–Crippen LogP) is 6.09. The van der Waals surface area contributed by atoms with Crippen molar-refractivity contribution in [3.8, 4) is 16.9 Å². The molecule has 140 valence electrons. The maximum absolute atomic E-state index is 14.4. The Hall–Kier alpha value is -1.94. The molecule has 1 aliphatic rings. The fourth-order valence-electron chi connectivity index (χ4n) is 3.58. The molecule has 0 bridgehead atoms. The topological polar surface area (TPSA) is 18.5 Å². The molecule has 0 N–H and O–H groups in total. The number of hydrogen-bond acceptors (Lipinski definition) is 2. The van der Waals surface area contributed by atoms with Gasteiger partial charge in [0.25, 0.3) is 0 Å². The highest BCUT2D eigenvalue weighted by Gasteiger charge is 2.22. The molecule has 4 heteroatoms. The second-order valence-corrected chi connectivity index (χ2v) is 6.81. The average molecular weight is 360 g/mol. The first kappa shape index (κ1) is 18.8. The van der Waals surface area contributed by atoms with Crippen LogP contribution in [0.2, 0.25) is 0 Å². The van der Waals surface area contributed by atoms with E-state index >= 15 is 0 Å². The highest BCUT2D eigenvalue weighted by molar-refractivity contribution is 5.65. The number of hydrogen-bond donors (Lipinski definition) is 0. The third-order valence-corrected chi connectivity index (χ3v) is 5.02. The number of halogens is 2. The zero-order valence-corrected chi connectivity index (χ0v) is 15.4. The van der Waals surface area contributed by atoms with Gasteiger partial charge in [-0.05, 0) is 49.4 Å². The summed E-state index contributed by atoms with van der Waals surface area (Å²) in [5.74, 6) is -1.48. The van der Waals surface area contributed by atoms with E-state index in [-0.39, 0.29) is 11.3 Å². The summed E-state index contributed by atoms with van der Waals surface area (Å²) < 4.78 is 39.5. The molecule has 0 amide bonds. The Morgan fingerprint density at radius 2 is 1.77 bits per heavy atom. The molecule has 0 aliphatic carbocycles. The standard InChI is InChI=1S/C22H26F2O2/c1-3-5-18-11-10-17(14-26-18)15-6-8-16(9-7-15)19-12-13-20(25-4-2)22(24)21(19)23/h6-9,12-13,17-18H,3-5,10-11,14H2,1-2H3. The first-order valence-electron chi connectivity index (χ1n) is 9.46. The van der Waals surface area contributed by atoms with Gasteiger partial charge in [-0.25, -0.2) is 4.39 Å². The molecule has 2 atom stereocenters. The van der Waals surface area contributed by atoms with Crippen LogP contribution in [0, 0.1) is 11.6 Å². The molecule has 1 saturated heterocycles. The van der Waals surface area contributed by atoms with Crippen molar-refractivity contribution in [2.24, 2.45) is 0 Å². The molecule has 0 saturated carbocycles. The highest BCUT2D eigenvalue weighted by atomic mass is 19.2. The zero-order chi connectivity index (χ0) is 18.5. The van der Waals surface area contributed by atoms with Crippen LogP contribution in [-0.4, -0.2) is 19.3 Å². The van der Waals surface area contributed by atoms with Crippen LogP contribution in [0.15, 0.2) is 36.4 Å². The van der Waals surface area contributed by atoms with Gasteiger partial charge in [0.2, 0.25) is 5.82 Å². The first-order valence-corrected chi connectivity index (χ1v) is 9.46. The van der Waals surface area contributed by atoms with Crippen molar-refractivity contribution in [1.82, 2.24) is 0 Å². The SMILES string of the molecule is CCCC1CCC(c2ccc(-c3ccc(OCC)c(F)c3F)cc2)CO1. The molecule has 0 aromatic heterocycles. The van der Waals surface area contributed by atoms with Gasteiger partial charge in [0, 0.05) is 11.5 Å². The molecule has 26 heavy (non-hydrogen) atoms. The largest absolute Gasteiger partial charge is 0.491 e. The molecule has 1 aliphatic heterocycles. The van der Waals surface area contributed by atoms with Gasteiger partial charge in [-0.1, -0.05) is 37.6 Å². The van der Waals surface area contributed by atoms with Crippen molar-refractivity contribution >= 4 is 0 Å². The molecule has 2 aromatic carbocycles. The van der Waals surface area contributed by atoms with Gasteiger partial charge in [-0.3, -0.25) is 0 Å². The molecule has 3 rings (SSSR count). The van der Waals surface area contributed by atoms with Gasteiger partial charge < -0.3 is 9.47 Å². The van der Waals surface area contributed by atoms with E-state index in [0.29, 0.717) is 24.2 Å². The predicted molar refractivity (Wildman–Crippen MR) is 99.6 cm³/mol. The molecule has 1 heterocycles. The van der Waals surface area contributed by atoms with Gasteiger partial charge in [0.1, 0.15) is 0 Å². The Labute approximate surface area is 154 Å². The normalized spacial score (nSPS) is 20.2. The van der Waals surface area contributed by atoms with Gasteiger partial charge in [0.15, 0.2) is 11.6 Å². The fraction of sp³-hybridized carbons (Fsp3) is 0.455. The lowest BCUT2D eigenvalue weighted by molar-refractivity contribution is -0.00111. The summed E-state index contributed by atoms with van der Waals surface area (Å²) in [5, 5.41) is 0. The van der Waals surface area contributed by atoms with Gasteiger partial charge in [-0.2, -0.15) is 4.39 Å². The van der Waals surface area contributed by atoms with Crippen LogP contribution in [0.25, 0.3) is 11.1 Å². The van der Waals surface area contributed by atoms with Crippen LogP contribution in [0.5, 0.6) is 5.75 Å². The second-order valence-electron chi connectivity index (χ2n) is 6.81. The third kappa shape index (κ3) is 4.07. The lowest BCUT2D eigenvalue weighted by Crippen LogP contribution is -2.24. The molecule has 2 aromatic rings. The van der Waals surface area contributed by atoms with E-state index in [1.165, 1.54) is 11.6 Å². The van der Waals surface area contributed by atoms with Crippen molar-refractivity contribution in [2.45, 2.75) is 51.6 Å². The van der Waals surface area contributed by atoms with Crippen molar-refractivity contribution in [1.29, 1.82) is 0 Å². The quantitative estimate of drug-likeness (QED) is 0.620. The van der Waals surface area contributed by atoms with Crippen LogP contribution >= 0.6 is 0 Å². The lowest BCUT2D eigenvalue weighted by atomic mass is 9.89. The summed E-state index contributed by atoms with van der Waals surface area (Å²) in [7, 11) is 0. The molecule has 0 spiro atoms. The maximum atomic E-state index is 14.4. The second kappa shape index (κ2) is 8.63. The molecular weight excluding hydrogens is 334 g/mol. The average Bonchev–Trinajstić information content (AvgIpc) is 2.67. The molecule has 0 radical (unpaired) electrons. The summed E-state index contributed by atoms with van der Waals surface area (Å²) in [6.07, 6.45) is 4.84. The van der Waals surface area contributed by atoms with E-state index in [4.69, 9.17) is 9.47 Å². The van der Waals surface area contributed by atoms with Crippen molar-refractivity contribution in [2.75, 3.05) is 13.2 Å². The van der Waals surface area contributed by atoms with Gasteiger partial charge in [0.05, 0.1) is 19.3 Å². The molecule has 2 unspecified atom stereocenters. The molecular formula is C22H26F2O2. The van der Waals surface area contributed by atoms with E-state index in [1.54, 1.807) is 13.0 Å². The Balaban J connectivity index is 1.73. The smallest absolute Gasteiger partial charge is 0.201 e. The number of ether oxygens (including phenoxy) is 2. The summed E-state index contributed by atoms with van der Waals surface area (Å²) in [6, 6.07) is 10.7. The monoisotopic (exact) mass is 360 g/mol. The Kier molecular flexibility index (Phi) is 6.25. The van der Waals surface area contributed by atoms with Crippen LogP contribution in [0.4, 0.5) is 8.78 Å². The number of benzene rings is 2. The lowest BCUT2D eigenvalue weighted by Gasteiger charge is -2.29. The minimum atomic E-state index is -0.934. The van der Waals surface area contributed by atoms with Crippen LogP contribution in [0.3, 0.4) is 0 Å². The van der Waals surface area contributed by atoms with E-state index < -0.39 is 11.6 Å². The van der Waals surface area contributed by atoms with Gasteiger partial charge >= 0.3 is 0 Å². The van der Waals surface area contributed by atoms with E-state index in [9.17, 15) is 8.78 Å².